The van der Waals surface area contributed by atoms with Gasteiger partial charge in [-0.3, -0.25) is 9.59 Å². The molecule has 2 aromatic rings. The number of hydrogen-bond acceptors (Lipinski definition) is 4. The number of rotatable bonds is 6. The van der Waals surface area contributed by atoms with E-state index < -0.39 is 18.6 Å². The van der Waals surface area contributed by atoms with Crippen molar-refractivity contribution >= 4 is 23.2 Å². The second kappa shape index (κ2) is 8.90. The van der Waals surface area contributed by atoms with Crippen LogP contribution in [-0.4, -0.2) is 31.1 Å². The second-order valence-electron chi connectivity index (χ2n) is 5.92. The van der Waals surface area contributed by atoms with E-state index in [1.807, 2.05) is 6.07 Å². The van der Waals surface area contributed by atoms with Gasteiger partial charge in [-0.1, -0.05) is 12.1 Å². The van der Waals surface area contributed by atoms with Gasteiger partial charge < -0.3 is 16.0 Å². The first-order valence-corrected chi connectivity index (χ1v) is 8.17. The van der Waals surface area contributed by atoms with E-state index in [4.69, 9.17) is 5.26 Å². The predicted molar refractivity (Wildman–Crippen MR) is 97.8 cm³/mol. The standard InChI is InChI=1S/C19H17F3N4O2/c1-12-5-6-14(18(28)25-11-19(20,21)22)8-16(12)24-10-17(27)26-15-4-2-3-13(7-15)9-23/h2-8,24H,10-11H2,1H3,(H,25,28)(H,26,27). The van der Waals surface area contributed by atoms with Gasteiger partial charge in [-0.2, -0.15) is 18.4 Å². The molecule has 28 heavy (non-hydrogen) atoms. The smallest absolute Gasteiger partial charge is 0.376 e. The third-order valence-electron chi connectivity index (χ3n) is 3.66. The third kappa shape index (κ3) is 6.32. The Kier molecular flexibility index (Phi) is 6.60. The van der Waals surface area contributed by atoms with Crippen LogP contribution in [0.4, 0.5) is 24.5 Å². The molecule has 0 heterocycles. The summed E-state index contributed by atoms with van der Waals surface area (Å²) < 4.78 is 36.7. The Labute approximate surface area is 159 Å². The SMILES string of the molecule is Cc1ccc(C(=O)NCC(F)(F)F)cc1NCC(=O)Nc1cccc(C#N)c1. The maximum atomic E-state index is 12.2. The fourth-order valence-corrected chi connectivity index (χ4v) is 2.28. The number of nitrogens with one attached hydrogen (secondary N) is 3. The van der Waals surface area contributed by atoms with E-state index in [-0.39, 0.29) is 18.0 Å². The molecular weight excluding hydrogens is 373 g/mol. The van der Waals surface area contributed by atoms with E-state index in [0.717, 1.165) is 0 Å². The minimum Gasteiger partial charge on any atom is -0.376 e. The van der Waals surface area contributed by atoms with Crippen molar-refractivity contribution in [2.24, 2.45) is 0 Å². The van der Waals surface area contributed by atoms with Crippen molar-refractivity contribution in [1.29, 1.82) is 5.26 Å². The number of nitrogens with zero attached hydrogens (tertiary/aromatic N) is 1. The molecule has 0 radical (unpaired) electrons. The zero-order valence-electron chi connectivity index (χ0n) is 14.9. The summed E-state index contributed by atoms with van der Waals surface area (Å²) >= 11 is 0. The van der Waals surface area contributed by atoms with Gasteiger partial charge in [0, 0.05) is 16.9 Å². The number of halogens is 3. The van der Waals surface area contributed by atoms with Crippen molar-refractivity contribution in [3.8, 4) is 6.07 Å². The van der Waals surface area contributed by atoms with Gasteiger partial charge in [0.1, 0.15) is 6.54 Å². The summed E-state index contributed by atoms with van der Waals surface area (Å²) in [7, 11) is 0. The van der Waals surface area contributed by atoms with Gasteiger partial charge in [-0.05, 0) is 42.8 Å². The molecule has 0 aliphatic rings. The van der Waals surface area contributed by atoms with Crippen molar-refractivity contribution in [3.63, 3.8) is 0 Å². The van der Waals surface area contributed by atoms with Gasteiger partial charge in [-0.15, -0.1) is 0 Å². The summed E-state index contributed by atoms with van der Waals surface area (Å²) in [6.45, 7) is 0.173. The Hall–Kier alpha value is -3.54. The number of aryl methyl sites for hydroxylation is 1. The molecule has 0 saturated carbocycles. The lowest BCUT2D eigenvalue weighted by atomic mass is 10.1. The first-order valence-electron chi connectivity index (χ1n) is 8.17. The molecule has 2 amide bonds. The third-order valence-corrected chi connectivity index (χ3v) is 3.66. The van der Waals surface area contributed by atoms with Gasteiger partial charge in [0.25, 0.3) is 5.91 Å². The van der Waals surface area contributed by atoms with E-state index in [0.29, 0.717) is 22.5 Å². The summed E-state index contributed by atoms with van der Waals surface area (Å²) in [5, 5.41) is 16.1. The zero-order chi connectivity index (χ0) is 20.7. The summed E-state index contributed by atoms with van der Waals surface area (Å²) in [5.41, 5.74) is 2.06. The Morgan fingerprint density at radius 3 is 2.57 bits per heavy atom. The van der Waals surface area contributed by atoms with Crippen LogP contribution in [-0.2, 0) is 4.79 Å². The van der Waals surface area contributed by atoms with Crippen LogP contribution in [0, 0.1) is 18.3 Å². The number of amides is 2. The Bertz CT molecular complexity index is 920. The van der Waals surface area contributed by atoms with Gasteiger partial charge in [0.15, 0.2) is 0 Å². The zero-order valence-corrected chi connectivity index (χ0v) is 14.9. The highest BCUT2D eigenvalue weighted by Crippen LogP contribution is 2.18. The number of hydrogen-bond donors (Lipinski definition) is 3. The first kappa shape index (κ1) is 20.8. The molecule has 2 aromatic carbocycles. The average Bonchev–Trinajstić information content (AvgIpc) is 2.65. The van der Waals surface area contributed by atoms with Crippen LogP contribution in [0.5, 0.6) is 0 Å². The molecule has 3 N–H and O–H groups in total. The van der Waals surface area contributed by atoms with Crippen LogP contribution in [0.2, 0.25) is 0 Å². The molecule has 0 bridgehead atoms. The molecule has 146 valence electrons. The Morgan fingerprint density at radius 2 is 1.89 bits per heavy atom. The minimum atomic E-state index is -4.50. The lowest BCUT2D eigenvalue weighted by Crippen LogP contribution is -2.33. The Balaban J connectivity index is 1.98. The molecule has 0 saturated heterocycles. The number of benzene rings is 2. The lowest BCUT2D eigenvalue weighted by Gasteiger charge is -2.13. The normalized spacial score (nSPS) is 10.7. The summed E-state index contributed by atoms with van der Waals surface area (Å²) in [4.78, 5) is 23.9. The molecule has 0 atom stereocenters. The number of carbonyl (C=O) groups is 2. The average molecular weight is 390 g/mol. The summed E-state index contributed by atoms with van der Waals surface area (Å²) in [6.07, 6.45) is -4.50. The van der Waals surface area contributed by atoms with Crippen LogP contribution in [0.25, 0.3) is 0 Å². The molecule has 9 heteroatoms. The highest BCUT2D eigenvalue weighted by atomic mass is 19.4. The number of anilines is 2. The van der Waals surface area contributed by atoms with Crippen molar-refractivity contribution in [2.45, 2.75) is 13.1 Å². The van der Waals surface area contributed by atoms with E-state index in [1.54, 1.807) is 36.5 Å². The summed E-state index contributed by atoms with van der Waals surface area (Å²) in [6, 6.07) is 12.7. The Morgan fingerprint density at radius 1 is 1.14 bits per heavy atom. The van der Waals surface area contributed by atoms with Crippen molar-refractivity contribution in [3.05, 3.63) is 59.2 Å². The quantitative estimate of drug-likeness (QED) is 0.706. The largest absolute Gasteiger partial charge is 0.405 e. The second-order valence-corrected chi connectivity index (χ2v) is 5.92. The van der Waals surface area contributed by atoms with Crippen LogP contribution >= 0.6 is 0 Å². The fraction of sp³-hybridized carbons (Fsp3) is 0.211. The van der Waals surface area contributed by atoms with Crippen LogP contribution in [0.1, 0.15) is 21.5 Å². The van der Waals surface area contributed by atoms with E-state index in [9.17, 15) is 22.8 Å². The molecule has 0 unspecified atom stereocenters. The van der Waals surface area contributed by atoms with E-state index in [2.05, 4.69) is 10.6 Å². The topological polar surface area (TPSA) is 94.0 Å². The molecule has 0 fully saturated rings. The van der Waals surface area contributed by atoms with Crippen molar-refractivity contribution in [1.82, 2.24) is 5.32 Å². The highest BCUT2D eigenvalue weighted by molar-refractivity contribution is 5.96. The minimum absolute atomic E-state index is 0.0412. The van der Waals surface area contributed by atoms with Crippen molar-refractivity contribution < 1.29 is 22.8 Å². The summed E-state index contributed by atoms with van der Waals surface area (Å²) in [5.74, 6) is -1.25. The van der Waals surface area contributed by atoms with E-state index in [1.165, 1.54) is 18.2 Å². The van der Waals surface area contributed by atoms with Crippen molar-refractivity contribution in [2.75, 3.05) is 23.7 Å². The van der Waals surface area contributed by atoms with Gasteiger partial charge in [0.2, 0.25) is 5.91 Å². The molecule has 0 aliphatic heterocycles. The van der Waals surface area contributed by atoms with Gasteiger partial charge in [0.05, 0.1) is 18.2 Å². The van der Waals surface area contributed by atoms with Crippen LogP contribution < -0.4 is 16.0 Å². The molecule has 0 spiro atoms. The van der Waals surface area contributed by atoms with E-state index >= 15 is 0 Å². The molecule has 0 aliphatic carbocycles. The molecule has 2 rings (SSSR count). The first-order chi connectivity index (χ1) is 13.2. The predicted octanol–water partition coefficient (Wildman–Crippen LogP) is 3.21. The molecule has 6 nitrogen and oxygen atoms in total. The maximum absolute atomic E-state index is 12.2. The molecule has 0 aromatic heterocycles. The maximum Gasteiger partial charge on any atom is 0.405 e. The number of carbonyl (C=O) groups excluding carboxylic acids is 2. The lowest BCUT2D eigenvalue weighted by molar-refractivity contribution is -0.123. The number of nitriles is 1. The van der Waals surface area contributed by atoms with Crippen LogP contribution in [0.15, 0.2) is 42.5 Å². The van der Waals surface area contributed by atoms with Crippen LogP contribution in [0.3, 0.4) is 0 Å². The highest BCUT2D eigenvalue weighted by Gasteiger charge is 2.28. The molecular formula is C19H17F3N4O2. The fourth-order valence-electron chi connectivity index (χ4n) is 2.28. The number of alkyl halides is 3. The van der Waals surface area contributed by atoms with Gasteiger partial charge >= 0.3 is 6.18 Å². The monoisotopic (exact) mass is 390 g/mol. The van der Waals surface area contributed by atoms with Gasteiger partial charge in [-0.25, -0.2) is 0 Å².